The van der Waals surface area contributed by atoms with Gasteiger partial charge in [-0.05, 0) is 157 Å². The van der Waals surface area contributed by atoms with E-state index in [1.54, 1.807) is 59.3 Å². The van der Waals surface area contributed by atoms with E-state index < -0.39 is 23.5 Å². The molecule has 0 bridgehead atoms. The van der Waals surface area contributed by atoms with Crippen LogP contribution in [-0.4, -0.2) is 37.4 Å². The summed E-state index contributed by atoms with van der Waals surface area (Å²) in [4.78, 5) is 10.1. The number of rotatable bonds is 9. The molecule has 0 fully saturated rings. The summed E-state index contributed by atoms with van der Waals surface area (Å²) in [6, 6.07) is 116. The van der Waals surface area contributed by atoms with Gasteiger partial charge in [0.25, 0.3) is 0 Å². The molecule has 26 aromatic rings. The van der Waals surface area contributed by atoms with Crippen molar-refractivity contribution in [3.63, 3.8) is 0 Å². The van der Waals surface area contributed by atoms with Crippen LogP contribution in [0.3, 0.4) is 0 Å². The van der Waals surface area contributed by atoms with Crippen molar-refractivity contribution in [1.82, 2.24) is 37.4 Å². The Bertz CT molecular complexity index is 9120. The molecular weight excluding hydrogens is 1590 g/mol. The molecule has 16 heteroatoms. The molecule has 0 unspecified atom stereocenters. The normalized spacial score (nSPS) is 12.6. The molecule has 0 saturated carbocycles. The summed E-state index contributed by atoms with van der Waals surface area (Å²) in [5, 5.41) is 15.9. The topological polar surface area (TPSA) is 55.4 Å². The minimum absolute atomic E-state index is 0.0339. The molecule has 0 aliphatic rings. The Morgan fingerprint density at radius 2 is 0.565 bits per heavy atom. The molecule has 586 valence electrons. The molecule has 0 N–H and O–H groups in total. The van der Waals surface area contributed by atoms with Crippen molar-refractivity contribution in [2.75, 3.05) is 0 Å². The molecule has 0 aliphatic carbocycles. The van der Waals surface area contributed by atoms with Gasteiger partial charge in [0.1, 0.15) is 0 Å². The molecule has 0 amide bonds. The molecular formula is C108H60F6N8S2. The smallest absolute Gasteiger partial charge is 0.309 e. The molecule has 0 saturated heterocycles. The second-order valence-corrected chi connectivity index (χ2v) is 34.0. The number of hydrogen-bond acceptors (Lipinski definition) is 4. The zero-order valence-corrected chi connectivity index (χ0v) is 66.9. The fourth-order valence-corrected chi connectivity index (χ4v) is 23.2. The number of pyridine rings is 2. The summed E-state index contributed by atoms with van der Waals surface area (Å²) in [5.41, 5.74) is 14.2. The second-order valence-electron chi connectivity index (χ2n) is 31.9. The van der Waals surface area contributed by atoms with E-state index in [2.05, 4.69) is 182 Å². The van der Waals surface area contributed by atoms with Gasteiger partial charge in [-0.25, -0.2) is 0 Å². The zero-order chi connectivity index (χ0) is 82.3. The summed E-state index contributed by atoms with van der Waals surface area (Å²) < 4.78 is 116. The van der Waals surface area contributed by atoms with Gasteiger partial charge in [0.05, 0.1) is 111 Å². The van der Waals surface area contributed by atoms with Crippen LogP contribution in [0.15, 0.2) is 364 Å². The monoisotopic (exact) mass is 1650 g/mol. The number of nitrogens with zero attached hydrogens (tertiary/aromatic N) is 8. The van der Waals surface area contributed by atoms with Crippen LogP contribution in [-0.2, 0) is 12.4 Å². The average molecular weight is 1650 g/mol. The summed E-state index contributed by atoms with van der Waals surface area (Å²) in [7, 11) is 0. The number of thiophene rings is 2. The first-order valence-electron chi connectivity index (χ1n) is 41.0. The van der Waals surface area contributed by atoms with E-state index in [-0.39, 0.29) is 22.5 Å². The number of alkyl halides is 6. The van der Waals surface area contributed by atoms with Crippen LogP contribution in [0.5, 0.6) is 0 Å². The number of hydrogen-bond donors (Lipinski definition) is 0. The number of para-hydroxylation sites is 7. The average Bonchev–Trinajstić information content (AvgIpc) is 1.57. The van der Waals surface area contributed by atoms with E-state index >= 15 is 26.3 Å². The molecule has 10 heterocycles. The third-order valence-electron chi connectivity index (χ3n) is 25.6. The van der Waals surface area contributed by atoms with Crippen LogP contribution in [0.2, 0.25) is 0 Å². The highest BCUT2D eigenvalue weighted by atomic mass is 32.1. The van der Waals surface area contributed by atoms with Gasteiger partial charge < -0.3 is 27.4 Å². The highest BCUT2D eigenvalue weighted by Gasteiger charge is 2.40. The maximum absolute atomic E-state index is 16.6. The third kappa shape index (κ3) is 9.90. The predicted octanol–water partition coefficient (Wildman–Crippen LogP) is 30.8. The molecule has 16 aromatic carbocycles. The Hall–Kier alpha value is -15.4. The van der Waals surface area contributed by atoms with E-state index in [1.165, 1.54) is 24.3 Å². The fourth-order valence-electron chi connectivity index (χ4n) is 20.6. The molecule has 10 aromatic heterocycles. The zero-order valence-electron chi connectivity index (χ0n) is 65.3. The Labute approximate surface area is 708 Å². The van der Waals surface area contributed by atoms with Crippen LogP contribution in [0.25, 0.3) is 239 Å². The highest BCUT2D eigenvalue weighted by molar-refractivity contribution is 7.27. The quantitative estimate of drug-likeness (QED) is 0.135. The van der Waals surface area contributed by atoms with Crippen molar-refractivity contribution in [2.24, 2.45) is 0 Å². The van der Waals surface area contributed by atoms with Crippen LogP contribution in [0, 0.1) is 0 Å². The summed E-state index contributed by atoms with van der Waals surface area (Å²) >= 11 is 3.39. The standard InChI is InChI=1S/C108H60F6N8S2/c109-107(110,111)77-33-19-40-84(119-80-36-14-8-29-73(80)95-86(119)53-49-69-65-27-7-13-35-79(65)117(103(69)95)63-23-3-1-4-24-63)99(77)101-90(42-21-57-115-101)121-81-37-15-9-30-74(81)96-87(121)54-50-70-66-47-45-61(59-92(66)118(104(70)96)64-25-5-2-6-26-64)62-46-48-68-72-52-55-88-97(106(72)124-94(68)60-62)75-31-10-16-38-82(75)120(88)85-41-20-34-78(108(112,113)114)100(85)102-91(43-22-58-116-102)122-83-39-17-11-32-76(83)98-89(122)56-51-71-67-28-12-18-44-93(67)123-105(71)98/h1-60H. The first-order valence-corrected chi connectivity index (χ1v) is 42.6. The van der Waals surface area contributed by atoms with E-state index in [1.807, 2.05) is 149 Å². The first-order chi connectivity index (χ1) is 60.9. The van der Waals surface area contributed by atoms with Gasteiger partial charge in [0.15, 0.2) is 0 Å². The predicted molar refractivity (Wildman–Crippen MR) is 500 cm³/mol. The van der Waals surface area contributed by atoms with Gasteiger partial charge >= 0.3 is 12.4 Å². The Kier molecular flexibility index (Phi) is 14.8. The van der Waals surface area contributed by atoms with Crippen LogP contribution >= 0.6 is 22.7 Å². The second kappa shape index (κ2) is 26.1. The number of benzene rings is 16. The molecule has 8 nitrogen and oxygen atoms in total. The largest absolute Gasteiger partial charge is 0.417 e. The number of aromatic nitrogens is 8. The molecule has 0 radical (unpaired) electrons. The number of fused-ring (bicyclic) bond motifs is 28. The number of halogens is 6. The fraction of sp³-hybridized carbons (Fsp3) is 0.0185. The maximum atomic E-state index is 16.6. The van der Waals surface area contributed by atoms with Gasteiger partial charge in [-0.1, -0.05) is 206 Å². The minimum atomic E-state index is -4.82. The van der Waals surface area contributed by atoms with Crippen molar-refractivity contribution in [2.45, 2.75) is 12.4 Å². The summed E-state index contributed by atoms with van der Waals surface area (Å²) in [6.45, 7) is 0. The lowest BCUT2D eigenvalue weighted by Gasteiger charge is -2.21. The van der Waals surface area contributed by atoms with Gasteiger partial charge in [0, 0.05) is 140 Å². The third-order valence-corrected chi connectivity index (χ3v) is 27.9. The van der Waals surface area contributed by atoms with Crippen molar-refractivity contribution in [3.05, 3.63) is 375 Å². The van der Waals surface area contributed by atoms with Gasteiger partial charge in [-0.15, -0.1) is 22.7 Å². The van der Waals surface area contributed by atoms with Crippen LogP contribution in [0.4, 0.5) is 26.3 Å². The molecule has 0 aliphatic heterocycles. The minimum Gasteiger partial charge on any atom is -0.309 e. The van der Waals surface area contributed by atoms with E-state index in [0.717, 1.165) is 194 Å². The summed E-state index contributed by atoms with van der Waals surface area (Å²) in [6.07, 6.45) is -6.41. The Morgan fingerprint density at radius 1 is 0.226 bits per heavy atom. The van der Waals surface area contributed by atoms with Gasteiger partial charge in [-0.2, -0.15) is 26.3 Å². The van der Waals surface area contributed by atoms with E-state index in [4.69, 9.17) is 9.97 Å². The molecule has 0 spiro atoms. The van der Waals surface area contributed by atoms with Gasteiger partial charge in [0.2, 0.25) is 0 Å². The lowest BCUT2D eigenvalue weighted by molar-refractivity contribution is -0.137. The van der Waals surface area contributed by atoms with E-state index in [9.17, 15) is 0 Å². The van der Waals surface area contributed by atoms with E-state index in [0.29, 0.717) is 22.7 Å². The SMILES string of the molecule is FC(F)(F)c1cccc(-n2c3ccccc3c3c4sc5cc(-c6ccc7c8ccc9c(c%10ccccc%10n9-c9cccnc9-c9c(-n%10c%11ccccc%11c%11c%10ccc%10c%12ccccc%12n(-c%12ccccc%12)c%10%11)cccc9C(F)(F)F)c8n(-c8ccccc8)c7c6)ccc5c4ccc32)c1-c1ncccc1-n1c2ccccc2c2c3sc4ccccc4c3ccc21. The lowest BCUT2D eigenvalue weighted by Crippen LogP contribution is -2.12. The Balaban J connectivity index is 0.637. The Morgan fingerprint density at radius 3 is 1.04 bits per heavy atom. The van der Waals surface area contributed by atoms with Crippen LogP contribution in [0.1, 0.15) is 11.1 Å². The van der Waals surface area contributed by atoms with Gasteiger partial charge in [-0.3, -0.25) is 9.97 Å². The maximum Gasteiger partial charge on any atom is 0.417 e. The lowest BCUT2D eigenvalue weighted by atomic mass is 9.99. The highest BCUT2D eigenvalue weighted by Crippen LogP contribution is 2.54. The van der Waals surface area contributed by atoms with Crippen molar-refractivity contribution < 1.29 is 26.3 Å². The van der Waals surface area contributed by atoms with Crippen molar-refractivity contribution >= 4 is 194 Å². The first kappa shape index (κ1) is 70.5. The molecule has 124 heavy (non-hydrogen) atoms. The van der Waals surface area contributed by atoms with Crippen LogP contribution < -0.4 is 0 Å². The van der Waals surface area contributed by atoms with Crippen molar-refractivity contribution in [3.8, 4) is 67.8 Å². The van der Waals surface area contributed by atoms with Crippen molar-refractivity contribution in [1.29, 1.82) is 0 Å². The summed E-state index contributed by atoms with van der Waals surface area (Å²) in [5.74, 6) is 0. The molecule has 0 atom stereocenters. The molecule has 26 rings (SSSR count).